The van der Waals surface area contributed by atoms with Crippen LogP contribution in [0.3, 0.4) is 0 Å². The molecule has 0 aromatic rings. The van der Waals surface area contributed by atoms with E-state index in [2.05, 4.69) is 32.9 Å². The zero-order valence-corrected chi connectivity index (χ0v) is 56.8. The Kier molecular flexibility index (Phi) is 71.0. The van der Waals surface area contributed by atoms with Crippen LogP contribution in [0.25, 0.3) is 0 Å². The van der Waals surface area contributed by atoms with Crippen LogP contribution in [-0.4, -0.2) is 37.2 Å². The summed E-state index contributed by atoms with van der Waals surface area (Å²) >= 11 is 0. The lowest BCUT2D eigenvalue weighted by Crippen LogP contribution is -2.30. The Balaban J connectivity index is 4.28. The van der Waals surface area contributed by atoms with E-state index in [0.29, 0.717) is 19.3 Å². The van der Waals surface area contributed by atoms with Crippen molar-refractivity contribution in [3.63, 3.8) is 0 Å². The summed E-state index contributed by atoms with van der Waals surface area (Å²) < 4.78 is 17.1. The zero-order valence-electron chi connectivity index (χ0n) is 56.8. The predicted molar refractivity (Wildman–Crippen MR) is 363 cm³/mol. The third kappa shape index (κ3) is 70.8. The maximum absolute atomic E-state index is 13.0. The molecule has 0 N–H and O–H groups in total. The summed E-state index contributed by atoms with van der Waals surface area (Å²) in [6.45, 7) is 6.75. The smallest absolute Gasteiger partial charge is 0.306 e. The van der Waals surface area contributed by atoms with E-state index in [9.17, 15) is 14.4 Å². The number of carbonyl (C=O) groups excluding carboxylic acids is 3. The summed E-state index contributed by atoms with van der Waals surface area (Å²) in [7, 11) is 0. The largest absolute Gasteiger partial charge is 0.462 e. The minimum absolute atomic E-state index is 0.0623. The van der Waals surface area contributed by atoms with Crippen molar-refractivity contribution in [1.29, 1.82) is 0 Å². The topological polar surface area (TPSA) is 78.9 Å². The van der Waals surface area contributed by atoms with Gasteiger partial charge in [-0.25, -0.2) is 0 Å². The van der Waals surface area contributed by atoms with Crippen molar-refractivity contribution >= 4 is 17.9 Å². The molecule has 0 aromatic heterocycles. The van der Waals surface area contributed by atoms with E-state index in [-0.39, 0.29) is 31.1 Å². The summed E-state index contributed by atoms with van der Waals surface area (Å²) in [6.07, 6.45) is 88.2. The number of ether oxygens (including phenoxy) is 3. The van der Waals surface area contributed by atoms with Gasteiger partial charge in [-0.1, -0.05) is 392 Å². The Morgan fingerprint density at radius 3 is 0.602 bits per heavy atom. The van der Waals surface area contributed by atoms with Gasteiger partial charge in [-0.3, -0.25) is 14.4 Å². The molecule has 0 aliphatic heterocycles. The maximum Gasteiger partial charge on any atom is 0.306 e. The Morgan fingerprint density at radius 2 is 0.398 bits per heavy atom. The molecule has 1 atom stereocenters. The molecule has 0 bridgehead atoms. The molecular weight excluding hydrogens is 1020 g/mol. The Hall–Kier alpha value is -1.85. The van der Waals surface area contributed by atoms with E-state index in [1.807, 2.05) is 0 Å². The van der Waals surface area contributed by atoms with Gasteiger partial charge in [0.2, 0.25) is 0 Å². The monoisotopic (exact) mass is 1170 g/mol. The fourth-order valence-electron chi connectivity index (χ4n) is 12.0. The molecule has 0 saturated heterocycles. The second kappa shape index (κ2) is 72.6. The maximum atomic E-state index is 13.0. The van der Waals surface area contributed by atoms with Crippen LogP contribution in [-0.2, 0) is 28.6 Å². The molecular formula is C77H148O6. The van der Waals surface area contributed by atoms with Crippen molar-refractivity contribution in [2.24, 2.45) is 0 Å². The molecule has 6 nitrogen and oxygen atoms in total. The quantitative estimate of drug-likeness (QED) is 0.0261. The molecule has 0 rings (SSSR count). The summed E-state index contributed by atoms with van der Waals surface area (Å²) in [5.74, 6) is -0.820. The highest BCUT2D eigenvalue weighted by Crippen LogP contribution is 2.20. The van der Waals surface area contributed by atoms with Crippen molar-refractivity contribution in [1.82, 2.24) is 0 Å². The van der Waals surface area contributed by atoms with Gasteiger partial charge < -0.3 is 14.2 Å². The summed E-state index contributed by atoms with van der Waals surface area (Å²) in [6, 6.07) is 0. The first kappa shape index (κ1) is 81.2. The van der Waals surface area contributed by atoms with Gasteiger partial charge >= 0.3 is 17.9 Å². The van der Waals surface area contributed by atoms with E-state index in [4.69, 9.17) is 14.2 Å². The van der Waals surface area contributed by atoms with E-state index in [1.165, 1.54) is 347 Å². The van der Waals surface area contributed by atoms with Gasteiger partial charge in [0.25, 0.3) is 0 Å². The molecule has 1 unspecified atom stereocenters. The van der Waals surface area contributed by atoms with Crippen LogP contribution in [0.15, 0.2) is 12.2 Å². The molecule has 0 spiro atoms. The number of esters is 3. The minimum atomic E-state index is -0.767. The number of carbonyl (C=O) groups is 3. The highest BCUT2D eigenvalue weighted by molar-refractivity contribution is 5.71. The number of allylic oxidation sites excluding steroid dienone is 2. The fourth-order valence-corrected chi connectivity index (χ4v) is 12.0. The van der Waals surface area contributed by atoms with Crippen LogP contribution in [0, 0.1) is 0 Å². The minimum Gasteiger partial charge on any atom is -0.462 e. The average Bonchev–Trinajstić information content (AvgIpc) is 3.49. The van der Waals surface area contributed by atoms with Crippen LogP contribution in [0.1, 0.15) is 445 Å². The van der Waals surface area contributed by atoms with Crippen LogP contribution < -0.4 is 0 Å². The van der Waals surface area contributed by atoms with E-state index >= 15 is 0 Å². The lowest BCUT2D eigenvalue weighted by atomic mass is 10.0. The molecule has 0 radical (unpaired) electrons. The molecule has 0 amide bonds. The van der Waals surface area contributed by atoms with Crippen LogP contribution in [0.4, 0.5) is 0 Å². The van der Waals surface area contributed by atoms with Gasteiger partial charge in [0.1, 0.15) is 13.2 Å². The van der Waals surface area contributed by atoms with Gasteiger partial charge in [-0.15, -0.1) is 0 Å². The first-order chi connectivity index (χ1) is 41.0. The van der Waals surface area contributed by atoms with E-state index < -0.39 is 6.10 Å². The first-order valence-corrected chi connectivity index (χ1v) is 38.2. The van der Waals surface area contributed by atoms with Gasteiger partial charge in [-0.05, 0) is 44.9 Å². The van der Waals surface area contributed by atoms with Crippen molar-refractivity contribution in [2.75, 3.05) is 13.2 Å². The number of hydrogen-bond acceptors (Lipinski definition) is 6. The Morgan fingerprint density at radius 1 is 0.229 bits per heavy atom. The van der Waals surface area contributed by atoms with E-state index in [1.54, 1.807) is 0 Å². The summed E-state index contributed by atoms with van der Waals surface area (Å²) in [5, 5.41) is 0. The van der Waals surface area contributed by atoms with Gasteiger partial charge in [0, 0.05) is 19.3 Å². The first-order valence-electron chi connectivity index (χ1n) is 38.2. The fraction of sp³-hybridized carbons (Fsp3) is 0.935. The van der Waals surface area contributed by atoms with Crippen molar-refractivity contribution in [3.8, 4) is 0 Å². The lowest BCUT2D eigenvalue weighted by molar-refractivity contribution is -0.167. The van der Waals surface area contributed by atoms with Gasteiger partial charge in [0.15, 0.2) is 6.10 Å². The highest BCUT2D eigenvalue weighted by Gasteiger charge is 2.20. The zero-order chi connectivity index (χ0) is 59.9. The third-order valence-corrected chi connectivity index (χ3v) is 17.8. The van der Waals surface area contributed by atoms with Crippen LogP contribution in [0.5, 0.6) is 0 Å². The normalized spacial score (nSPS) is 12.0. The number of rotatable bonds is 72. The van der Waals surface area contributed by atoms with Crippen molar-refractivity contribution < 1.29 is 28.6 Å². The second-order valence-electron chi connectivity index (χ2n) is 26.3. The van der Waals surface area contributed by atoms with Gasteiger partial charge in [0.05, 0.1) is 0 Å². The van der Waals surface area contributed by atoms with E-state index in [0.717, 1.165) is 57.8 Å². The Bertz CT molecular complexity index is 1300. The van der Waals surface area contributed by atoms with Crippen LogP contribution in [0.2, 0.25) is 0 Å². The standard InChI is InChI=1S/C77H148O6/c1-4-7-10-13-16-19-22-25-28-31-34-37-39-41-43-46-49-52-55-58-61-64-67-70-76(79)82-73-74(72-81-75(78)69-66-63-60-57-54-51-48-45-42-36-33-30-27-24-21-18-15-12-9-6-3)83-77(80)71-68-65-62-59-56-53-50-47-44-40-38-35-32-29-26-23-20-17-14-11-8-5-2/h31,34,74H,4-30,32-33,35-73H2,1-3H3/b34-31-. The van der Waals surface area contributed by atoms with Crippen molar-refractivity contribution in [3.05, 3.63) is 12.2 Å². The van der Waals surface area contributed by atoms with Crippen molar-refractivity contribution in [2.45, 2.75) is 451 Å². The van der Waals surface area contributed by atoms with Crippen LogP contribution >= 0.6 is 0 Å². The average molecular weight is 1170 g/mol. The molecule has 0 fully saturated rings. The third-order valence-electron chi connectivity index (χ3n) is 17.8. The second-order valence-corrected chi connectivity index (χ2v) is 26.3. The molecule has 6 heteroatoms. The molecule has 0 aliphatic carbocycles. The number of unbranched alkanes of at least 4 members (excludes halogenated alkanes) is 59. The lowest BCUT2D eigenvalue weighted by Gasteiger charge is -2.18. The molecule has 0 aliphatic rings. The van der Waals surface area contributed by atoms with Gasteiger partial charge in [-0.2, -0.15) is 0 Å². The molecule has 492 valence electrons. The predicted octanol–water partition coefficient (Wildman–Crippen LogP) is 26.3. The number of hydrogen-bond donors (Lipinski definition) is 0. The molecule has 0 heterocycles. The molecule has 83 heavy (non-hydrogen) atoms. The SMILES string of the molecule is CCCCCCCCCC/C=C\CCCCCCCCCCCCCC(=O)OCC(COC(=O)CCCCCCCCCCCCCCCCCCCCCC)OC(=O)CCCCCCCCCCCCCCCCCCCCCCCC. The molecule has 0 saturated carbocycles. The molecule has 0 aromatic carbocycles. The Labute approximate surface area is 520 Å². The summed E-state index contributed by atoms with van der Waals surface area (Å²) in [5.41, 5.74) is 0. The highest BCUT2D eigenvalue weighted by atomic mass is 16.6. The summed E-state index contributed by atoms with van der Waals surface area (Å²) in [4.78, 5) is 38.6.